The lowest BCUT2D eigenvalue weighted by atomic mass is 10.1. The Balaban J connectivity index is 1.99. The summed E-state index contributed by atoms with van der Waals surface area (Å²) in [4.78, 5) is 2.13. The largest absolute Gasteiger partial charge is 0.463 e. The van der Waals surface area contributed by atoms with Crippen molar-refractivity contribution in [3.63, 3.8) is 0 Å². The molecular formula is C16H15N3OS. The molecule has 2 N–H and O–H groups in total. The van der Waals surface area contributed by atoms with E-state index in [2.05, 4.69) is 10.2 Å². The maximum absolute atomic E-state index is 8.33. The van der Waals surface area contributed by atoms with Crippen molar-refractivity contribution in [2.45, 2.75) is 23.6 Å². The van der Waals surface area contributed by atoms with Crippen LogP contribution in [-0.2, 0) is 0 Å². The molecule has 0 aliphatic heterocycles. The van der Waals surface area contributed by atoms with Crippen LogP contribution in [0.25, 0.3) is 0 Å². The number of H-pyrrole nitrogens is 1. The summed E-state index contributed by atoms with van der Waals surface area (Å²) in [6.45, 7) is 3.98. The number of nitrogens with zero attached hydrogens (tertiary/aromatic N) is 1. The molecule has 21 heavy (non-hydrogen) atoms. The van der Waals surface area contributed by atoms with E-state index in [1.807, 2.05) is 38.1 Å². The second-order valence-electron chi connectivity index (χ2n) is 4.71. The smallest absolute Gasteiger partial charge is 0.152 e. The van der Waals surface area contributed by atoms with Gasteiger partial charge in [-0.2, -0.15) is 5.10 Å². The van der Waals surface area contributed by atoms with Crippen molar-refractivity contribution < 1.29 is 4.42 Å². The van der Waals surface area contributed by atoms with Gasteiger partial charge >= 0.3 is 0 Å². The first kappa shape index (κ1) is 13.7. The zero-order chi connectivity index (χ0) is 14.8. The Morgan fingerprint density at radius 2 is 2.00 bits per heavy atom. The average Bonchev–Trinajstić information content (AvgIpc) is 3.13. The van der Waals surface area contributed by atoms with Gasteiger partial charge in [-0.25, -0.2) is 0 Å². The van der Waals surface area contributed by atoms with Crippen LogP contribution in [0, 0.1) is 19.3 Å². The normalized spacial score (nSPS) is 10.8. The van der Waals surface area contributed by atoms with Gasteiger partial charge in [0.2, 0.25) is 0 Å². The number of furan rings is 1. The van der Waals surface area contributed by atoms with E-state index in [9.17, 15) is 0 Å². The summed E-state index contributed by atoms with van der Waals surface area (Å²) in [5, 5.41) is 15.5. The molecule has 3 rings (SSSR count). The highest BCUT2D eigenvalue weighted by Crippen LogP contribution is 2.34. The van der Waals surface area contributed by atoms with Gasteiger partial charge in [0, 0.05) is 16.2 Å². The molecule has 4 nitrogen and oxygen atoms in total. The van der Waals surface area contributed by atoms with E-state index >= 15 is 0 Å². The Bertz CT molecular complexity index is 755. The number of hydrogen-bond donors (Lipinski definition) is 2. The van der Waals surface area contributed by atoms with Gasteiger partial charge in [0.1, 0.15) is 5.71 Å². The van der Waals surface area contributed by atoms with E-state index < -0.39 is 0 Å². The third-order valence-corrected chi connectivity index (χ3v) is 4.58. The van der Waals surface area contributed by atoms with Gasteiger partial charge in [-0.1, -0.05) is 30.0 Å². The summed E-state index contributed by atoms with van der Waals surface area (Å²) in [6, 6.07) is 11.5. The zero-order valence-electron chi connectivity index (χ0n) is 11.8. The fourth-order valence-corrected chi connectivity index (χ4v) is 3.16. The maximum Gasteiger partial charge on any atom is 0.152 e. The predicted molar refractivity (Wildman–Crippen MR) is 83.3 cm³/mol. The zero-order valence-corrected chi connectivity index (χ0v) is 12.6. The molecule has 1 aromatic carbocycles. The number of hydrogen-bond acceptors (Lipinski definition) is 4. The van der Waals surface area contributed by atoms with Gasteiger partial charge in [0.15, 0.2) is 5.76 Å². The highest BCUT2D eigenvalue weighted by molar-refractivity contribution is 7.99. The summed E-state index contributed by atoms with van der Waals surface area (Å²) in [6.07, 6.45) is 1.59. The second-order valence-corrected chi connectivity index (χ2v) is 5.77. The molecule has 0 bridgehead atoms. The first-order valence-electron chi connectivity index (χ1n) is 6.58. The molecule has 2 heterocycles. The minimum atomic E-state index is 0.391. The molecule has 0 aliphatic rings. The number of aromatic amines is 1. The summed E-state index contributed by atoms with van der Waals surface area (Å²) < 4.78 is 5.34. The molecule has 2 aromatic heterocycles. The van der Waals surface area contributed by atoms with Crippen molar-refractivity contribution in [3.8, 4) is 0 Å². The van der Waals surface area contributed by atoms with Crippen molar-refractivity contribution in [2.24, 2.45) is 0 Å². The Kier molecular flexibility index (Phi) is 3.66. The molecule has 0 spiro atoms. The maximum atomic E-state index is 8.33. The van der Waals surface area contributed by atoms with Crippen LogP contribution in [0.4, 0.5) is 0 Å². The first-order chi connectivity index (χ1) is 10.2. The van der Waals surface area contributed by atoms with Crippen LogP contribution in [-0.4, -0.2) is 15.9 Å². The Morgan fingerprint density at radius 3 is 2.67 bits per heavy atom. The van der Waals surface area contributed by atoms with Crippen LogP contribution in [0.5, 0.6) is 0 Å². The van der Waals surface area contributed by atoms with E-state index in [4.69, 9.17) is 9.83 Å². The van der Waals surface area contributed by atoms with Crippen molar-refractivity contribution >= 4 is 17.5 Å². The molecule has 0 amide bonds. The number of benzene rings is 1. The number of nitrogens with one attached hydrogen (secondary N) is 2. The van der Waals surface area contributed by atoms with Gasteiger partial charge in [-0.05, 0) is 32.0 Å². The molecule has 0 fully saturated rings. The fraction of sp³-hybridized carbons (Fsp3) is 0.125. The van der Waals surface area contributed by atoms with Gasteiger partial charge in [0.05, 0.1) is 16.9 Å². The molecule has 3 aromatic rings. The Hall–Kier alpha value is -2.27. The average molecular weight is 297 g/mol. The van der Waals surface area contributed by atoms with E-state index in [1.165, 1.54) is 0 Å². The lowest BCUT2D eigenvalue weighted by Gasteiger charge is -2.09. The third kappa shape index (κ3) is 2.64. The van der Waals surface area contributed by atoms with E-state index in [0.717, 1.165) is 26.7 Å². The quantitative estimate of drug-likeness (QED) is 0.710. The van der Waals surface area contributed by atoms with Crippen LogP contribution in [0.3, 0.4) is 0 Å². The van der Waals surface area contributed by atoms with Crippen molar-refractivity contribution in [2.75, 3.05) is 0 Å². The molecular weight excluding hydrogens is 282 g/mol. The van der Waals surface area contributed by atoms with Crippen molar-refractivity contribution in [3.05, 3.63) is 65.4 Å². The minimum absolute atomic E-state index is 0.391. The summed E-state index contributed by atoms with van der Waals surface area (Å²) in [5.41, 5.74) is 3.26. The third-order valence-electron chi connectivity index (χ3n) is 3.20. The molecule has 0 atom stereocenters. The van der Waals surface area contributed by atoms with Crippen LogP contribution >= 0.6 is 11.8 Å². The molecule has 0 saturated carbocycles. The first-order valence-corrected chi connectivity index (χ1v) is 7.39. The lowest BCUT2D eigenvalue weighted by Crippen LogP contribution is -2.01. The van der Waals surface area contributed by atoms with Gasteiger partial charge in [-0.15, -0.1) is 0 Å². The fourth-order valence-electron chi connectivity index (χ4n) is 2.12. The number of aromatic nitrogens is 2. The van der Waals surface area contributed by atoms with Gasteiger partial charge in [-0.3, -0.25) is 10.5 Å². The van der Waals surface area contributed by atoms with Crippen molar-refractivity contribution in [1.82, 2.24) is 10.2 Å². The monoisotopic (exact) mass is 297 g/mol. The van der Waals surface area contributed by atoms with Gasteiger partial charge < -0.3 is 4.42 Å². The summed E-state index contributed by atoms with van der Waals surface area (Å²) >= 11 is 1.62. The van der Waals surface area contributed by atoms with Crippen LogP contribution < -0.4 is 0 Å². The molecule has 5 heteroatoms. The molecule has 0 radical (unpaired) electrons. The number of rotatable bonds is 4. The Labute approximate surface area is 127 Å². The predicted octanol–water partition coefficient (Wildman–Crippen LogP) is 4.19. The molecule has 0 saturated heterocycles. The SMILES string of the molecule is Cc1n[nH]c(C)c1Sc1ccccc1C(=N)c1ccco1. The molecule has 0 aliphatic carbocycles. The number of aryl methyl sites for hydroxylation is 2. The van der Waals surface area contributed by atoms with Crippen LogP contribution in [0.15, 0.2) is 56.9 Å². The summed E-state index contributed by atoms with van der Waals surface area (Å²) in [7, 11) is 0. The van der Waals surface area contributed by atoms with E-state index in [0.29, 0.717) is 11.5 Å². The highest BCUT2D eigenvalue weighted by Gasteiger charge is 2.15. The molecule has 0 unspecified atom stereocenters. The summed E-state index contributed by atoms with van der Waals surface area (Å²) in [5.74, 6) is 0.573. The second kappa shape index (κ2) is 5.61. The topological polar surface area (TPSA) is 65.7 Å². The van der Waals surface area contributed by atoms with E-state index in [1.54, 1.807) is 30.2 Å². The van der Waals surface area contributed by atoms with Crippen LogP contribution in [0.1, 0.15) is 22.7 Å². The molecule has 106 valence electrons. The van der Waals surface area contributed by atoms with E-state index in [-0.39, 0.29) is 0 Å². The van der Waals surface area contributed by atoms with Crippen LogP contribution in [0.2, 0.25) is 0 Å². The standard InChI is InChI=1S/C16H15N3OS/c1-10-16(11(2)19-18-10)21-14-8-4-3-6-12(14)15(17)13-7-5-9-20-13/h3-9,17H,1-2H3,(H,18,19). The lowest BCUT2D eigenvalue weighted by molar-refractivity contribution is 0.557. The Morgan fingerprint density at radius 1 is 1.19 bits per heavy atom. The van der Waals surface area contributed by atoms with Gasteiger partial charge in [0.25, 0.3) is 0 Å². The minimum Gasteiger partial charge on any atom is -0.463 e. The van der Waals surface area contributed by atoms with Crippen molar-refractivity contribution in [1.29, 1.82) is 5.41 Å². The highest BCUT2D eigenvalue weighted by atomic mass is 32.2.